The maximum Gasteiger partial charge on any atom is 0.253 e. The highest BCUT2D eigenvalue weighted by molar-refractivity contribution is 6.68. The van der Waals surface area contributed by atoms with Crippen LogP contribution in [0.3, 0.4) is 0 Å². The summed E-state index contributed by atoms with van der Waals surface area (Å²) >= 11 is 17.6. The van der Waals surface area contributed by atoms with E-state index >= 15 is 0 Å². The molecule has 7 heteroatoms. The van der Waals surface area contributed by atoms with Gasteiger partial charge in [0.25, 0.3) is 5.91 Å². The highest BCUT2D eigenvalue weighted by atomic mass is 35.6. The Morgan fingerprint density at radius 1 is 1.24 bits per heavy atom. The van der Waals surface area contributed by atoms with Crippen molar-refractivity contribution in [3.63, 3.8) is 0 Å². The van der Waals surface area contributed by atoms with Gasteiger partial charge < -0.3 is 11.1 Å². The molecular formula is C14H18Cl3N3O. The van der Waals surface area contributed by atoms with Gasteiger partial charge >= 0.3 is 0 Å². The molecule has 0 saturated carbocycles. The van der Waals surface area contributed by atoms with Crippen LogP contribution in [0.15, 0.2) is 29.3 Å². The smallest absolute Gasteiger partial charge is 0.253 e. The van der Waals surface area contributed by atoms with E-state index in [0.29, 0.717) is 11.4 Å². The lowest BCUT2D eigenvalue weighted by Crippen LogP contribution is -2.44. The van der Waals surface area contributed by atoms with Crippen LogP contribution in [-0.2, 0) is 0 Å². The first-order valence-electron chi connectivity index (χ1n) is 6.38. The summed E-state index contributed by atoms with van der Waals surface area (Å²) in [6, 6.07) is 7.03. The van der Waals surface area contributed by atoms with Crippen molar-refractivity contribution < 1.29 is 4.79 Å². The Morgan fingerprint density at radius 3 is 2.19 bits per heavy atom. The lowest BCUT2D eigenvalue weighted by molar-refractivity contribution is 0.0938. The Balaban J connectivity index is 2.94. The fourth-order valence-electron chi connectivity index (χ4n) is 1.40. The van der Waals surface area contributed by atoms with Gasteiger partial charge in [0, 0.05) is 11.5 Å². The summed E-state index contributed by atoms with van der Waals surface area (Å²) in [6.45, 7) is 5.64. The third-order valence-corrected chi connectivity index (χ3v) is 3.38. The number of nitrogens with two attached hydrogens (primary N) is 1. The number of amides is 1. The molecule has 0 heterocycles. The van der Waals surface area contributed by atoms with Crippen molar-refractivity contribution in [3.8, 4) is 0 Å². The molecule has 0 aromatic heterocycles. The lowest BCUT2D eigenvalue weighted by Gasteiger charge is -2.23. The van der Waals surface area contributed by atoms with Crippen molar-refractivity contribution >= 4 is 46.5 Å². The molecule has 0 aliphatic carbocycles. The molecule has 21 heavy (non-hydrogen) atoms. The molecule has 3 N–H and O–H groups in total. The van der Waals surface area contributed by atoms with E-state index < -0.39 is 9.96 Å². The summed E-state index contributed by atoms with van der Waals surface area (Å²) < 4.78 is -1.79. The predicted molar refractivity (Wildman–Crippen MR) is 89.2 cm³/mol. The third kappa shape index (κ3) is 5.73. The van der Waals surface area contributed by atoms with Gasteiger partial charge in [-0.05, 0) is 19.1 Å². The fourth-order valence-corrected chi connectivity index (χ4v) is 1.71. The molecule has 1 atom stereocenters. The molecule has 0 aliphatic heterocycles. The van der Waals surface area contributed by atoms with Gasteiger partial charge in [-0.2, -0.15) is 0 Å². The Morgan fingerprint density at radius 2 is 1.76 bits per heavy atom. The molecule has 0 spiro atoms. The van der Waals surface area contributed by atoms with Gasteiger partial charge in [0.1, 0.15) is 0 Å². The first-order chi connectivity index (χ1) is 9.61. The van der Waals surface area contributed by atoms with Crippen molar-refractivity contribution in [2.24, 2.45) is 16.6 Å². The second-order valence-corrected chi connectivity index (χ2v) is 7.36. The molecule has 1 unspecified atom stereocenters. The number of carbonyl (C=O) groups excluding carboxylic acids is 1. The zero-order valence-corrected chi connectivity index (χ0v) is 14.3. The van der Waals surface area contributed by atoms with Gasteiger partial charge in [-0.3, -0.25) is 4.79 Å². The Hall–Kier alpha value is -0.970. The second kappa shape index (κ2) is 7.34. The van der Waals surface area contributed by atoms with Crippen molar-refractivity contribution in [1.29, 1.82) is 0 Å². The quantitative estimate of drug-likeness (QED) is 0.496. The van der Waals surface area contributed by atoms with Crippen LogP contribution in [-0.4, -0.2) is 21.7 Å². The van der Waals surface area contributed by atoms with Crippen LogP contribution >= 0.6 is 34.8 Å². The standard InChI is InChI=1S/C14H18Cl3N3O/c1-8(2)11(18)19-13(14(15,16)17)20-12(21)10-6-4-9(3)5-7-10/h4-8,13H,1-3H3,(H2,18,19)(H,20,21). The Kier molecular flexibility index (Phi) is 6.32. The van der Waals surface area contributed by atoms with Gasteiger partial charge in [0.05, 0.1) is 5.84 Å². The summed E-state index contributed by atoms with van der Waals surface area (Å²) in [6.07, 6.45) is -1.06. The van der Waals surface area contributed by atoms with E-state index in [9.17, 15) is 4.79 Å². The van der Waals surface area contributed by atoms with Crippen molar-refractivity contribution in [3.05, 3.63) is 35.4 Å². The van der Waals surface area contributed by atoms with Crippen LogP contribution in [0.2, 0.25) is 0 Å². The number of benzene rings is 1. The molecule has 0 radical (unpaired) electrons. The van der Waals surface area contributed by atoms with E-state index in [1.807, 2.05) is 32.9 Å². The highest BCUT2D eigenvalue weighted by Gasteiger charge is 2.34. The van der Waals surface area contributed by atoms with Crippen molar-refractivity contribution in [2.75, 3.05) is 0 Å². The molecule has 4 nitrogen and oxygen atoms in total. The van der Waals surface area contributed by atoms with Crippen molar-refractivity contribution in [1.82, 2.24) is 5.32 Å². The normalized spacial score (nSPS) is 14.1. The van der Waals surface area contributed by atoms with E-state index in [0.717, 1.165) is 5.56 Å². The molecule has 0 fully saturated rings. The number of rotatable bonds is 4. The molecule has 1 aromatic carbocycles. The molecule has 1 aromatic rings. The van der Waals surface area contributed by atoms with E-state index in [2.05, 4.69) is 10.3 Å². The van der Waals surface area contributed by atoms with Gasteiger partial charge in [0.2, 0.25) is 3.79 Å². The van der Waals surface area contributed by atoms with Gasteiger partial charge in [-0.15, -0.1) is 0 Å². The van der Waals surface area contributed by atoms with E-state index in [1.54, 1.807) is 12.1 Å². The average Bonchev–Trinajstić information content (AvgIpc) is 2.37. The SMILES string of the molecule is Cc1ccc(C(=O)NC(/N=C(\N)C(C)C)C(Cl)(Cl)Cl)cc1. The molecule has 0 aliphatic rings. The van der Waals surface area contributed by atoms with E-state index in [4.69, 9.17) is 40.5 Å². The lowest BCUT2D eigenvalue weighted by atomic mass is 10.1. The fraction of sp³-hybridized carbons (Fsp3) is 0.429. The van der Waals surface area contributed by atoms with Crippen LogP contribution in [0.4, 0.5) is 0 Å². The summed E-state index contributed by atoms with van der Waals surface area (Å²) in [4.78, 5) is 16.3. The number of nitrogens with zero attached hydrogens (tertiary/aromatic N) is 1. The molecular weight excluding hydrogens is 333 g/mol. The topological polar surface area (TPSA) is 67.5 Å². The Labute approximate surface area is 139 Å². The zero-order chi connectivity index (χ0) is 16.2. The van der Waals surface area contributed by atoms with E-state index in [1.165, 1.54) is 0 Å². The summed E-state index contributed by atoms with van der Waals surface area (Å²) in [5, 5.41) is 2.58. The number of nitrogens with one attached hydrogen (secondary N) is 1. The highest BCUT2D eigenvalue weighted by Crippen LogP contribution is 2.31. The molecule has 1 amide bonds. The summed E-state index contributed by atoms with van der Waals surface area (Å²) in [7, 11) is 0. The number of aliphatic imine (C=N–C) groups is 1. The molecule has 116 valence electrons. The number of halogens is 3. The molecule has 1 rings (SSSR count). The van der Waals surface area contributed by atoms with Crippen LogP contribution in [0.1, 0.15) is 29.8 Å². The first kappa shape index (κ1) is 18.1. The summed E-state index contributed by atoms with van der Waals surface area (Å²) in [5.41, 5.74) is 7.28. The molecule has 0 bridgehead atoms. The van der Waals surface area contributed by atoms with Crippen LogP contribution in [0, 0.1) is 12.8 Å². The van der Waals surface area contributed by atoms with Crippen LogP contribution in [0.25, 0.3) is 0 Å². The number of alkyl halides is 3. The first-order valence-corrected chi connectivity index (χ1v) is 7.52. The van der Waals surface area contributed by atoms with Crippen molar-refractivity contribution in [2.45, 2.75) is 30.7 Å². The molecule has 0 saturated heterocycles. The average molecular weight is 351 g/mol. The maximum absolute atomic E-state index is 12.2. The Bertz CT molecular complexity index is 521. The number of amidine groups is 1. The number of hydrogen-bond donors (Lipinski definition) is 2. The second-order valence-electron chi connectivity index (χ2n) is 4.99. The minimum absolute atomic E-state index is 0.0175. The van der Waals surface area contributed by atoms with Gasteiger partial charge in [-0.1, -0.05) is 66.3 Å². The van der Waals surface area contributed by atoms with E-state index in [-0.39, 0.29) is 11.8 Å². The minimum Gasteiger partial charge on any atom is -0.387 e. The van der Waals surface area contributed by atoms with Gasteiger partial charge in [-0.25, -0.2) is 4.99 Å². The van der Waals surface area contributed by atoms with Crippen LogP contribution in [0.5, 0.6) is 0 Å². The third-order valence-electron chi connectivity index (χ3n) is 2.76. The summed E-state index contributed by atoms with van der Waals surface area (Å²) in [5.74, 6) is -0.0988. The van der Waals surface area contributed by atoms with Gasteiger partial charge in [0.15, 0.2) is 6.17 Å². The zero-order valence-electron chi connectivity index (χ0n) is 12.0. The predicted octanol–water partition coefficient (Wildman–Crippen LogP) is 3.43. The number of aryl methyl sites for hydroxylation is 1. The number of carbonyl (C=O) groups is 1. The monoisotopic (exact) mass is 349 g/mol. The maximum atomic E-state index is 12.2. The van der Waals surface area contributed by atoms with Crippen LogP contribution < -0.4 is 11.1 Å². The minimum atomic E-state index is -1.79. The largest absolute Gasteiger partial charge is 0.387 e. The number of hydrogen-bond acceptors (Lipinski definition) is 2.